The van der Waals surface area contributed by atoms with Crippen molar-refractivity contribution in [2.45, 2.75) is 34.6 Å². The Balaban J connectivity index is 0.000000573. The van der Waals surface area contributed by atoms with E-state index in [1.807, 2.05) is 52.0 Å². The maximum atomic E-state index is 11.5. The Labute approximate surface area is 234 Å². The monoisotopic (exact) mass is 472 g/mol. The molecule has 0 bridgehead atoms. The predicted octanol–water partition coefficient (Wildman–Crippen LogP) is -2.74. The molecule has 164 valence electrons. The zero-order chi connectivity index (χ0) is 22.0. The fourth-order valence-corrected chi connectivity index (χ4v) is 2.89. The minimum atomic E-state index is -1.39. The normalized spacial score (nSPS) is 9.73. The number of hydrogen-bond acceptors (Lipinski definition) is 9. The average molecular weight is 472 g/mol. The van der Waals surface area contributed by atoms with Crippen molar-refractivity contribution in [1.29, 1.82) is 0 Å². The summed E-state index contributed by atoms with van der Waals surface area (Å²) in [6.45, 7) is 9.60. The van der Waals surface area contributed by atoms with E-state index < -0.39 is 11.9 Å². The molecule has 4 aromatic rings. The molecule has 0 aliphatic heterocycles. The van der Waals surface area contributed by atoms with Gasteiger partial charge in [0.2, 0.25) is 5.89 Å². The van der Waals surface area contributed by atoms with E-state index >= 15 is 0 Å². The third-order valence-electron chi connectivity index (χ3n) is 4.51. The average Bonchev–Trinajstić information content (AvgIpc) is 3.35. The maximum absolute atomic E-state index is 11.5. The largest absolute Gasteiger partial charge is 1.00 e. The molecule has 0 radical (unpaired) electrons. The maximum Gasteiger partial charge on any atom is 1.00 e. The van der Waals surface area contributed by atoms with Gasteiger partial charge in [-0.3, -0.25) is 0 Å². The van der Waals surface area contributed by atoms with Crippen molar-refractivity contribution in [2.24, 2.45) is 0 Å². The molecule has 0 aliphatic carbocycles. The number of fused-ring (bicyclic) bond motifs is 2. The van der Waals surface area contributed by atoms with Gasteiger partial charge in [0, 0.05) is 0 Å². The molecule has 0 saturated heterocycles. The number of oxazole rings is 2. The molecule has 0 unspecified atom stereocenters. The van der Waals surface area contributed by atoms with E-state index in [9.17, 15) is 14.7 Å². The van der Waals surface area contributed by atoms with Crippen molar-refractivity contribution >= 4 is 34.1 Å². The molecule has 0 fully saturated rings. The Hall–Kier alpha value is -1.72. The number of ether oxygens (including phenoxy) is 1. The molecule has 1 N–H and O–H groups in total. The zero-order valence-electron chi connectivity index (χ0n) is 19.8. The van der Waals surface area contributed by atoms with Gasteiger partial charge < -0.3 is 28.9 Å². The van der Waals surface area contributed by atoms with E-state index in [1.54, 1.807) is 6.92 Å². The van der Waals surface area contributed by atoms with Gasteiger partial charge in [-0.2, -0.15) is 0 Å². The second kappa shape index (κ2) is 13.2. The molecule has 0 saturated carbocycles. The molecule has 0 amide bonds. The number of carboxylic acids is 1. The van der Waals surface area contributed by atoms with Crippen LogP contribution in [-0.4, -0.2) is 34.0 Å². The SMILES string of the molecule is CCOC(=O)c1nc2c(C)ccc(C)c2o1.Cc1ccc(C)c2oc(C(=O)[O-])nc12.[Na+].[Na+].[OH-]. The van der Waals surface area contributed by atoms with Crippen molar-refractivity contribution in [3.05, 3.63) is 58.3 Å². The Morgan fingerprint density at radius 3 is 1.61 bits per heavy atom. The number of nitrogens with zero attached hydrogens (tertiary/aromatic N) is 2. The Morgan fingerprint density at radius 2 is 1.21 bits per heavy atom. The number of aromatic carboxylic acids is 1. The predicted molar refractivity (Wildman–Crippen MR) is 109 cm³/mol. The number of hydrogen-bond donors (Lipinski definition) is 0. The number of carbonyl (C=O) groups excluding carboxylic acids is 2. The smallest absolute Gasteiger partial charge is 0.870 e. The summed E-state index contributed by atoms with van der Waals surface area (Å²) in [6.07, 6.45) is 0. The van der Waals surface area contributed by atoms with E-state index in [0.29, 0.717) is 23.3 Å². The van der Waals surface area contributed by atoms with Crippen molar-refractivity contribution < 1.29 is 92.9 Å². The molecule has 0 atom stereocenters. The number of rotatable bonds is 3. The van der Waals surface area contributed by atoms with Crippen LogP contribution in [0.3, 0.4) is 0 Å². The van der Waals surface area contributed by atoms with E-state index in [-0.39, 0.29) is 76.4 Å². The van der Waals surface area contributed by atoms with Crippen LogP contribution in [-0.2, 0) is 4.74 Å². The van der Waals surface area contributed by atoms with Crippen LogP contribution in [0.2, 0.25) is 0 Å². The number of esters is 1. The summed E-state index contributed by atoms with van der Waals surface area (Å²) >= 11 is 0. The van der Waals surface area contributed by atoms with Crippen molar-refractivity contribution in [2.75, 3.05) is 6.61 Å². The van der Waals surface area contributed by atoms with Gasteiger partial charge in [-0.05, 0) is 56.9 Å². The van der Waals surface area contributed by atoms with Gasteiger partial charge in [-0.1, -0.05) is 24.3 Å². The molecule has 4 rings (SSSR count). The third-order valence-corrected chi connectivity index (χ3v) is 4.51. The summed E-state index contributed by atoms with van der Waals surface area (Å²) in [5.74, 6) is -2.25. The molecule has 33 heavy (non-hydrogen) atoms. The fraction of sp³-hybridized carbons (Fsp3) is 0.273. The van der Waals surface area contributed by atoms with Crippen LogP contribution in [0, 0.1) is 27.7 Å². The summed E-state index contributed by atoms with van der Waals surface area (Å²) < 4.78 is 15.3. The first kappa shape index (κ1) is 31.3. The minimum Gasteiger partial charge on any atom is -0.870 e. The van der Waals surface area contributed by atoms with Crippen LogP contribution in [0.25, 0.3) is 22.2 Å². The first-order valence-electron chi connectivity index (χ1n) is 9.34. The topological polar surface area (TPSA) is 148 Å². The van der Waals surface area contributed by atoms with E-state index in [1.165, 1.54) is 0 Å². The van der Waals surface area contributed by atoms with Gasteiger partial charge >= 0.3 is 71.0 Å². The zero-order valence-corrected chi connectivity index (χ0v) is 23.8. The number of carbonyl (C=O) groups is 2. The van der Waals surface area contributed by atoms with Crippen LogP contribution in [0.15, 0.2) is 33.1 Å². The summed E-state index contributed by atoms with van der Waals surface area (Å²) in [5.41, 5.74) is 6.19. The van der Waals surface area contributed by atoms with E-state index in [4.69, 9.17) is 13.6 Å². The first-order chi connectivity index (χ1) is 14.2. The third kappa shape index (κ3) is 6.89. The first-order valence-corrected chi connectivity index (χ1v) is 9.34. The summed E-state index contributed by atoms with van der Waals surface area (Å²) in [7, 11) is 0. The quantitative estimate of drug-likeness (QED) is 0.229. The van der Waals surface area contributed by atoms with Crippen LogP contribution >= 0.6 is 0 Å². The molecular formula is C22H22N2Na2O7. The van der Waals surface area contributed by atoms with Crippen molar-refractivity contribution in [3.63, 3.8) is 0 Å². The Kier molecular flexibility index (Phi) is 12.5. The second-order valence-corrected chi connectivity index (χ2v) is 6.80. The number of carboxylic acid groups (broad SMARTS) is 1. The van der Waals surface area contributed by atoms with E-state index in [2.05, 4.69) is 9.97 Å². The standard InChI is InChI=1S/C12H13NO3.C10H9NO3.2Na.H2O/c1-4-15-12(14)11-13-9-7(2)5-6-8(3)10(9)16-11;1-5-3-4-6(2)8-7(5)11-9(14-8)10(12)13;;;/h5-6H,4H2,1-3H3;3-4H,1-2H3,(H,12,13);;;1H2/q;;2*+1;/p-2. The van der Waals surface area contributed by atoms with Crippen LogP contribution in [0.1, 0.15) is 50.5 Å². The van der Waals surface area contributed by atoms with Crippen LogP contribution in [0.4, 0.5) is 0 Å². The molecule has 11 heteroatoms. The van der Waals surface area contributed by atoms with Gasteiger partial charge in [0.25, 0.3) is 0 Å². The molecule has 0 spiro atoms. The summed E-state index contributed by atoms with van der Waals surface area (Å²) in [6, 6.07) is 7.63. The molecule has 2 heterocycles. The van der Waals surface area contributed by atoms with Crippen LogP contribution in [0.5, 0.6) is 0 Å². The summed E-state index contributed by atoms with van der Waals surface area (Å²) in [4.78, 5) is 30.0. The van der Waals surface area contributed by atoms with Gasteiger partial charge in [-0.25, -0.2) is 14.8 Å². The second-order valence-electron chi connectivity index (χ2n) is 6.80. The van der Waals surface area contributed by atoms with Crippen molar-refractivity contribution in [3.8, 4) is 0 Å². The van der Waals surface area contributed by atoms with Crippen molar-refractivity contribution in [1.82, 2.24) is 9.97 Å². The molecular weight excluding hydrogens is 450 g/mol. The molecule has 2 aromatic carbocycles. The van der Waals surface area contributed by atoms with Gasteiger partial charge in [-0.15, -0.1) is 0 Å². The van der Waals surface area contributed by atoms with Crippen LogP contribution < -0.4 is 64.2 Å². The fourth-order valence-electron chi connectivity index (χ4n) is 2.89. The Bertz CT molecular complexity index is 1190. The van der Waals surface area contributed by atoms with E-state index in [0.717, 1.165) is 27.8 Å². The molecule has 0 aliphatic rings. The number of benzene rings is 2. The van der Waals surface area contributed by atoms with Gasteiger partial charge in [0.1, 0.15) is 17.0 Å². The van der Waals surface area contributed by atoms with Gasteiger partial charge in [0.05, 0.1) is 6.61 Å². The number of aromatic nitrogens is 2. The number of aryl methyl sites for hydroxylation is 4. The summed E-state index contributed by atoms with van der Waals surface area (Å²) in [5, 5.41) is 10.5. The molecule has 9 nitrogen and oxygen atoms in total. The minimum absolute atomic E-state index is 0. The Morgan fingerprint density at radius 1 is 0.818 bits per heavy atom. The van der Waals surface area contributed by atoms with Gasteiger partial charge in [0.15, 0.2) is 11.2 Å². The molecule has 2 aromatic heterocycles.